The first-order chi connectivity index (χ1) is 13.2. The first-order valence-electron chi connectivity index (χ1n) is 9.57. The molecular weight excluding hydrogens is 340 g/mol. The standard InChI is InChI=1S/C21H24N4O2/c26-18-9-11-21(15-24-20(27)19-22-12-5-13-23-19)10-4-8-17(21)25(18)14-16-6-2-1-3-7-16/h1-3,5-7,12-13,17H,4,8-11,14-15H2,(H,24,27)/t17-,21+/m1/s1. The Balaban J connectivity index is 1.49. The average molecular weight is 364 g/mol. The molecule has 1 saturated heterocycles. The maximum absolute atomic E-state index is 12.7. The first-order valence-corrected chi connectivity index (χ1v) is 9.57. The van der Waals surface area contributed by atoms with Crippen molar-refractivity contribution in [3.8, 4) is 0 Å². The van der Waals surface area contributed by atoms with Crippen LogP contribution in [-0.2, 0) is 11.3 Å². The number of carbonyl (C=O) groups excluding carboxylic acids is 2. The molecule has 4 rings (SSSR count). The largest absolute Gasteiger partial charge is 0.349 e. The third kappa shape index (κ3) is 3.56. The molecule has 2 amide bonds. The third-order valence-corrected chi connectivity index (χ3v) is 5.96. The van der Waals surface area contributed by atoms with Gasteiger partial charge in [-0.3, -0.25) is 9.59 Å². The highest BCUT2D eigenvalue weighted by Gasteiger charge is 2.50. The summed E-state index contributed by atoms with van der Waals surface area (Å²) in [6, 6.07) is 12.0. The van der Waals surface area contributed by atoms with E-state index in [4.69, 9.17) is 0 Å². The number of carbonyl (C=O) groups is 2. The number of rotatable bonds is 5. The van der Waals surface area contributed by atoms with Crippen LogP contribution in [-0.4, -0.2) is 39.3 Å². The lowest BCUT2D eigenvalue weighted by molar-refractivity contribution is -0.142. The van der Waals surface area contributed by atoms with Crippen LogP contribution in [0.15, 0.2) is 48.8 Å². The van der Waals surface area contributed by atoms with Gasteiger partial charge in [0.15, 0.2) is 0 Å². The predicted molar refractivity (Wildman–Crippen MR) is 101 cm³/mol. The van der Waals surface area contributed by atoms with Gasteiger partial charge >= 0.3 is 0 Å². The average Bonchev–Trinajstić information content (AvgIpc) is 3.14. The summed E-state index contributed by atoms with van der Waals surface area (Å²) in [5.74, 6) is 0.165. The van der Waals surface area contributed by atoms with Gasteiger partial charge in [-0.1, -0.05) is 36.8 Å². The summed E-state index contributed by atoms with van der Waals surface area (Å²) in [6.45, 7) is 1.20. The number of nitrogens with zero attached hydrogens (tertiary/aromatic N) is 3. The fraction of sp³-hybridized carbons (Fsp3) is 0.429. The lowest BCUT2D eigenvalue weighted by Crippen LogP contribution is -2.55. The molecule has 1 aromatic heterocycles. The van der Waals surface area contributed by atoms with Gasteiger partial charge in [-0.15, -0.1) is 0 Å². The molecule has 140 valence electrons. The number of likely N-dealkylation sites (tertiary alicyclic amines) is 1. The number of piperidine rings is 1. The van der Waals surface area contributed by atoms with Crippen LogP contribution >= 0.6 is 0 Å². The molecule has 2 aromatic rings. The van der Waals surface area contributed by atoms with Crippen LogP contribution in [0.3, 0.4) is 0 Å². The summed E-state index contributed by atoms with van der Waals surface area (Å²) in [4.78, 5) is 35.1. The van der Waals surface area contributed by atoms with Crippen molar-refractivity contribution in [2.75, 3.05) is 6.54 Å². The molecule has 2 fully saturated rings. The van der Waals surface area contributed by atoms with Crippen LogP contribution in [0.25, 0.3) is 0 Å². The molecule has 2 heterocycles. The number of hydrogen-bond acceptors (Lipinski definition) is 4. The molecule has 0 spiro atoms. The molecule has 0 unspecified atom stereocenters. The van der Waals surface area contributed by atoms with Crippen molar-refractivity contribution in [2.24, 2.45) is 5.41 Å². The minimum absolute atomic E-state index is 0.0485. The summed E-state index contributed by atoms with van der Waals surface area (Å²) >= 11 is 0. The molecule has 1 aliphatic heterocycles. The SMILES string of the molecule is O=C(NC[C@@]12CCC[C@H]1N(Cc1ccccc1)C(=O)CC2)c1ncccn1. The maximum Gasteiger partial charge on any atom is 0.289 e. The smallest absolute Gasteiger partial charge is 0.289 e. The monoisotopic (exact) mass is 364 g/mol. The highest BCUT2D eigenvalue weighted by molar-refractivity contribution is 5.90. The Labute approximate surface area is 159 Å². The molecule has 27 heavy (non-hydrogen) atoms. The lowest BCUT2D eigenvalue weighted by atomic mass is 9.74. The van der Waals surface area contributed by atoms with E-state index < -0.39 is 0 Å². The number of benzene rings is 1. The van der Waals surface area contributed by atoms with E-state index in [0.29, 0.717) is 19.5 Å². The van der Waals surface area contributed by atoms with Gasteiger partial charge in [0.2, 0.25) is 11.7 Å². The lowest BCUT2D eigenvalue weighted by Gasteiger charge is -2.46. The molecule has 1 saturated carbocycles. The van der Waals surface area contributed by atoms with Gasteiger partial charge in [0.05, 0.1) is 0 Å². The van der Waals surface area contributed by atoms with Crippen LogP contribution in [0.2, 0.25) is 0 Å². The van der Waals surface area contributed by atoms with Gasteiger partial charge in [-0.2, -0.15) is 0 Å². The molecule has 2 atom stereocenters. The summed E-state index contributed by atoms with van der Waals surface area (Å²) in [5, 5.41) is 3.03. The fourth-order valence-corrected chi connectivity index (χ4v) is 4.60. The van der Waals surface area contributed by atoms with Crippen LogP contribution in [0.1, 0.15) is 48.3 Å². The number of hydrogen-bond donors (Lipinski definition) is 1. The second-order valence-electron chi connectivity index (χ2n) is 7.53. The van der Waals surface area contributed by atoms with Crippen LogP contribution in [0.4, 0.5) is 0 Å². The van der Waals surface area contributed by atoms with E-state index in [9.17, 15) is 9.59 Å². The molecule has 0 radical (unpaired) electrons. The van der Waals surface area contributed by atoms with Gasteiger partial charge in [0.1, 0.15) is 0 Å². The van der Waals surface area contributed by atoms with E-state index in [-0.39, 0.29) is 29.1 Å². The zero-order chi connectivity index (χ0) is 18.7. The van der Waals surface area contributed by atoms with Crippen molar-refractivity contribution < 1.29 is 9.59 Å². The summed E-state index contributed by atoms with van der Waals surface area (Å²) in [6.07, 6.45) is 7.63. The van der Waals surface area contributed by atoms with Crippen LogP contribution in [0, 0.1) is 5.41 Å². The minimum atomic E-state index is -0.248. The molecule has 6 nitrogen and oxygen atoms in total. The van der Waals surface area contributed by atoms with E-state index in [0.717, 1.165) is 31.2 Å². The highest BCUT2D eigenvalue weighted by atomic mass is 16.2. The van der Waals surface area contributed by atoms with E-state index >= 15 is 0 Å². The summed E-state index contributed by atoms with van der Waals surface area (Å²) in [5.41, 5.74) is 1.10. The Hall–Kier alpha value is -2.76. The number of aromatic nitrogens is 2. The zero-order valence-electron chi connectivity index (χ0n) is 15.3. The van der Waals surface area contributed by atoms with E-state index in [1.807, 2.05) is 23.1 Å². The Morgan fingerprint density at radius 1 is 1.15 bits per heavy atom. The van der Waals surface area contributed by atoms with Crippen molar-refractivity contribution in [3.05, 3.63) is 60.2 Å². The number of fused-ring (bicyclic) bond motifs is 1. The minimum Gasteiger partial charge on any atom is -0.349 e. The summed E-state index contributed by atoms with van der Waals surface area (Å²) in [7, 11) is 0. The number of nitrogens with one attached hydrogen (secondary N) is 1. The molecule has 2 aliphatic rings. The molecular formula is C21H24N4O2. The number of amides is 2. The van der Waals surface area contributed by atoms with Gasteiger partial charge < -0.3 is 10.2 Å². The Morgan fingerprint density at radius 2 is 1.93 bits per heavy atom. The predicted octanol–water partition coefficient (Wildman–Crippen LogP) is 2.57. The van der Waals surface area contributed by atoms with Crippen molar-refractivity contribution in [1.29, 1.82) is 0 Å². The van der Waals surface area contributed by atoms with Gasteiger partial charge in [0, 0.05) is 43.4 Å². The molecule has 1 aliphatic carbocycles. The molecule has 1 N–H and O–H groups in total. The quantitative estimate of drug-likeness (QED) is 0.885. The first kappa shape index (κ1) is 17.6. The van der Waals surface area contributed by atoms with Crippen molar-refractivity contribution in [3.63, 3.8) is 0 Å². The molecule has 1 aromatic carbocycles. The molecule has 6 heteroatoms. The van der Waals surface area contributed by atoms with Gasteiger partial charge in [-0.05, 0) is 30.9 Å². The van der Waals surface area contributed by atoms with E-state index in [1.165, 1.54) is 0 Å². The Kier molecular flexibility index (Phi) is 4.88. The van der Waals surface area contributed by atoms with E-state index in [1.54, 1.807) is 18.5 Å². The topological polar surface area (TPSA) is 75.2 Å². The van der Waals surface area contributed by atoms with Gasteiger partial charge in [-0.25, -0.2) is 9.97 Å². The third-order valence-electron chi connectivity index (χ3n) is 5.96. The van der Waals surface area contributed by atoms with Crippen LogP contribution < -0.4 is 5.32 Å². The normalized spacial score (nSPS) is 24.5. The Bertz CT molecular complexity index is 811. The zero-order valence-corrected chi connectivity index (χ0v) is 15.3. The van der Waals surface area contributed by atoms with Crippen molar-refractivity contribution in [1.82, 2.24) is 20.2 Å². The van der Waals surface area contributed by atoms with Crippen molar-refractivity contribution in [2.45, 2.75) is 44.7 Å². The van der Waals surface area contributed by atoms with Crippen molar-refractivity contribution >= 4 is 11.8 Å². The van der Waals surface area contributed by atoms with E-state index in [2.05, 4.69) is 27.4 Å². The maximum atomic E-state index is 12.7. The second kappa shape index (κ2) is 7.47. The summed E-state index contributed by atoms with van der Waals surface area (Å²) < 4.78 is 0. The Morgan fingerprint density at radius 3 is 2.70 bits per heavy atom. The molecule has 0 bridgehead atoms. The van der Waals surface area contributed by atoms with Gasteiger partial charge in [0.25, 0.3) is 5.91 Å². The fourth-order valence-electron chi connectivity index (χ4n) is 4.60. The highest BCUT2D eigenvalue weighted by Crippen LogP contribution is 2.48. The second-order valence-corrected chi connectivity index (χ2v) is 7.53. The van der Waals surface area contributed by atoms with Crippen LogP contribution in [0.5, 0.6) is 0 Å².